The van der Waals surface area contributed by atoms with Gasteiger partial charge in [0.05, 0.1) is 16.8 Å². The topological polar surface area (TPSA) is 21.7 Å². The van der Waals surface area contributed by atoms with Crippen LogP contribution in [-0.2, 0) is 5.41 Å². The maximum Gasteiger partial charge on any atom is 0.194 e. The van der Waals surface area contributed by atoms with Crippen LogP contribution in [0.3, 0.4) is 0 Å². The molecule has 3 heteroatoms. The summed E-state index contributed by atoms with van der Waals surface area (Å²) in [7, 11) is 0. The molecule has 0 saturated heterocycles. The van der Waals surface area contributed by atoms with E-state index in [1.807, 2.05) is 6.07 Å². The van der Waals surface area contributed by atoms with Gasteiger partial charge in [-0.25, -0.2) is 0 Å². The number of anilines is 3. The van der Waals surface area contributed by atoms with E-state index >= 15 is 0 Å². The molecule has 0 fully saturated rings. The quantitative estimate of drug-likeness (QED) is 0.167. The third kappa shape index (κ3) is 5.41. The van der Waals surface area contributed by atoms with Gasteiger partial charge in [0, 0.05) is 16.8 Å². The van der Waals surface area contributed by atoms with Crippen molar-refractivity contribution in [1.82, 2.24) is 0 Å². The summed E-state index contributed by atoms with van der Waals surface area (Å²) in [4.78, 5) is 2.35. The summed E-state index contributed by atoms with van der Waals surface area (Å²) in [6.45, 7) is 0. The molecule has 4 aliphatic rings. The molecule has 1 atom stereocenters. The zero-order valence-corrected chi connectivity index (χ0v) is 35.0. The third-order valence-electron chi connectivity index (χ3n) is 13.6. The fraction of sp³-hybridized carbons (Fsp3) is 0.0492. The fourth-order valence-corrected chi connectivity index (χ4v) is 10.9. The van der Waals surface area contributed by atoms with Gasteiger partial charge in [-0.2, -0.15) is 0 Å². The van der Waals surface area contributed by atoms with Crippen LogP contribution in [0.15, 0.2) is 230 Å². The minimum atomic E-state index is -0.437. The lowest BCUT2D eigenvalue weighted by molar-refractivity contribution is 0.361. The monoisotopic (exact) mass is 819 g/mol. The lowest BCUT2D eigenvalue weighted by Gasteiger charge is -2.34. The number of para-hydroxylation sites is 2. The van der Waals surface area contributed by atoms with Crippen LogP contribution in [0.25, 0.3) is 50.1 Å². The summed E-state index contributed by atoms with van der Waals surface area (Å²) in [5.74, 6) is 2.79. The largest absolute Gasteiger partial charge is 0.449 e. The van der Waals surface area contributed by atoms with Gasteiger partial charge in [0.2, 0.25) is 0 Å². The molecular weight excluding hydrogens is 779 g/mol. The summed E-state index contributed by atoms with van der Waals surface area (Å²) < 4.78 is 14.6. The highest BCUT2D eigenvalue weighted by atomic mass is 16.6. The van der Waals surface area contributed by atoms with Crippen LogP contribution in [0.4, 0.5) is 17.1 Å². The van der Waals surface area contributed by atoms with E-state index in [4.69, 9.17) is 9.47 Å². The Bertz CT molecular complexity index is 3330. The second-order valence-electron chi connectivity index (χ2n) is 17.0. The molecule has 0 bridgehead atoms. The first-order chi connectivity index (χ1) is 31.8. The van der Waals surface area contributed by atoms with Crippen LogP contribution in [-0.4, -0.2) is 0 Å². The van der Waals surface area contributed by atoms with Gasteiger partial charge >= 0.3 is 0 Å². The van der Waals surface area contributed by atoms with Gasteiger partial charge in [-0.1, -0.05) is 182 Å². The van der Waals surface area contributed by atoms with E-state index in [1.165, 1.54) is 39.0 Å². The maximum absolute atomic E-state index is 7.28. The standard InChI is InChI=1S/C61H41NO2/c1-4-19-40(20-5-1)43-37-44(41-21-6-2-7-22-41)39-45(38-43)62(54-32-17-13-25-46(54)42-23-8-3-9-24-42)55-33-18-34-56-59(55)63-57-36-35-53-58(60(57)64-56)49-28-12-16-31-52(49)61(53)50-29-14-10-26-47(50)48-27-11-15-30-51(48)61/h1-10,12-26,28-39H,11,27H2. The average molecular weight is 820 g/mol. The van der Waals surface area contributed by atoms with Crippen LogP contribution in [0.1, 0.15) is 35.1 Å². The van der Waals surface area contributed by atoms with Crippen molar-refractivity contribution >= 4 is 22.6 Å². The Balaban J connectivity index is 1.02. The molecule has 3 nitrogen and oxygen atoms in total. The molecule has 3 aliphatic carbocycles. The molecule has 1 aliphatic heterocycles. The van der Waals surface area contributed by atoms with Gasteiger partial charge in [-0.15, -0.1) is 0 Å². The van der Waals surface area contributed by atoms with E-state index in [9.17, 15) is 0 Å². The van der Waals surface area contributed by atoms with Crippen molar-refractivity contribution in [1.29, 1.82) is 0 Å². The lowest BCUT2D eigenvalue weighted by atomic mass is 9.69. The molecule has 0 radical (unpaired) electrons. The molecule has 1 unspecified atom stereocenters. The molecule has 9 aromatic carbocycles. The van der Waals surface area contributed by atoms with Crippen molar-refractivity contribution in [2.75, 3.05) is 4.90 Å². The summed E-state index contributed by atoms with van der Waals surface area (Å²) in [6.07, 6.45) is 6.83. The number of nitrogens with zero attached hydrogens (tertiary/aromatic N) is 1. The van der Waals surface area contributed by atoms with E-state index < -0.39 is 5.41 Å². The van der Waals surface area contributed by atoms with Crippen molar-refractivity contribution in [3.63, 3.8) is 0 Å². The summed E-state index contributed by atoms with van der Waals surface area (Å²) in [5.41, 5.74) is 19.6. The smallest absolute Gasteiger partial charge is 0.194 e. The van der Waals surface area contributed by atoms with Gasteiger partial charge in [-0.05, 0) is 122 Å². The number of rotatable bonds is 6. The number of hydrogen-bond donors (Lipinski definition) is 0. The normalized spacial score (nSPS) is 15.9. The van der Waals surface area contributed by atoms with E-state index in [0.29, 0.717) is 17.2 Å². The first-order valence-corrected chi connectivity index (χ1v) is 22.2. The van der Waals surface area contributed by atoms with Crippen molar-refractivity contribution in [3.8, 4) is 67.5 Å². The molecule has 0 N–H and O–H groups in total. The van der Waals surface area contributed by atoms with Crippen molar-refractivity contribution in [2.24, 2.45) is 0 Å². The molecule has 0 aromatic heterocycles. The molecular formula is C61H41NO2. The molecule has 1 spiro atoms. The predicted octanol–water partition coefficient (Wildman–Crippen LogP) is 16.5. The van der Waals surface area contributed by atoms with Crippen molar-refractivity contribution in [2.45, 2.75) is 18.3 Å². The van der Waals surface area contributed by atoms with Gasteiger partial charge in [0.15, 0.2) is 23.0 Å². The Morgan fingerprint density at radius 3 is 1.69 bits per heavy atom. The van der Waals surface area contributed by atoms with Gasteiger partial charge in [0.25, 0.3) is 0 Å². The highest BCUT2D eigenvalue weighted by Gasteiger charge is 2.53. The van der Waals surface area contributed by atoms with Gasteiger partial charge in [0.1, 0.15) is 0 Å². The second kappa shape index (κ2) is 14.5. The molecule has 302 valence electrons. The number of ether oxygens (including phenoxy) is 2. The van der Waals surface area contributed by atoms with Crippen LogP contribution in [0, 0.1) is 0 Å². The van der Waals surface area contributed by atoms with Crippen molar-refractivity contribution < 1.29 is 9.47 Å². The van der Waals surface area contributed by atoms with Crippen LogP contribution >= 0.6 is 0 Å². The van der Waals surface area contributed by atoms with E-state index in [-0.39, 0.29) is 0 Å². The first-order valence-electron chi connectivity index (χ1n) is 22.2. The van der Waals surface area contributed by atoms with Crippen LogP contribution in [0.2, 0.25) is 0 Å². The minimum absolute atomic E-state index is 0.437. The summed E-state index contributed by atoms with van der Waals surface area (Å²) in [5, 5.41) is 0. The zero-order valence-electron chi connectivity index (χ0n) is 35.0. The molecule has 64 heavy (non-hydrogen) atoms. The summed E-state index contributed by atoms with van der Waals surface area (Å²) >= 11 is 0. The third-order valence-corrected chi connectivity index (χ3v) is 13.6. The molecule has 0 saturated carbocycles. The van der Waals surface area contributed by atoms with Crippen molar-refractivity contribution in [3.05, 3.63) is 252 Å². The highest BCUT2D eigenvalue weighted by Crippen LogP contribution is 2.67. The Morgan fingerprint density at radius 1 is 0.406 bits per heavy atom. The van der Waals surface area contributed by atoms with E-state index in [2.05, 4.69) is 223 Å². The molecule has 9 aromatic rings. The Labute approximate surface area is 373 Å². The maximum atomic E-state index is 7.28. The number of fused-ring (bicyclic) bond motifs is 12. The van der Waals surface area contributed by atoms with E-state index in [1.54, 1.807) is 0 Å². The SMILES string of the molecule is C1=CC2=C(CC1)c1ccccc1C21c2ccccc2-c2c1ccc1c2Oc2cccc(N(c3cc(-c4ccccc4)cc(-c4ccccc4)c3)c3ccccc3-c3ccccc3)c2O1. The molecule has 0 amide bonds. The molecule has 13 rings (SSSR count). The Morgan fingerprint density at radius 2 is 0.969 bits per heavy atom. The van der Waals surface area contributed by atoms with Gasteiger partial charge < -0.3 is 14.4 Å². The predicted molar refractivity (Wildman–Crippen MR) is 261 cm³/mol. The lowest BCUT2D eigenvalue weighted by Crippen LogP contribution is -2.27. The Kier molecular flexibility index (Phi) is 8.26. The average Bonchev–Trinajstić information content (AvgIpc) is 3.85. The van der Waals surface area contributed by atoms with Gasteiger partial charge in [-0.3, -0.25) is 0 Å². The zero-order chi connectivity index (χ0) is 42.2. The van der Waals surface area contributed by atoms with Crippen LogP contribution < -0.4 is 14.4 Å². The van der Waals surface area contributed by atoms with E-state index in [0.717, 1.165) is 74.6 Å². The molecule has 1 heterocycles. The number of allylic oxidation sites excluding steroid dienone is 4. The summed E-state index contributed by atoms with van der Waals surface area (Å²) in [6, 6.07) is 76.1. The Hall–Kier alpha value is -8.14. The number of hydrogen-bond acceptors (Lipinski definition) is 3. The highest BCUT2D eigenvalue weighted by molar-refractivity contribution is 5.99. The fourth-order valence-electron chi connectivity index (χ4n) is 10.9. The minimum Gasteiger partial charge on any atom is -0.449 e. The number of benzene rings is 9. The van der Waals surface area contributed by atoms with Crippen LogP contribution in [0.5, 0.6) is 23.0 Å². The second-order valence-corrected chi connectivity index (χ2v) is 17.0. The first kappa shape index (κ1) is 36.5.